The van der Waals surface area contributed by atoms with Gasteiger partial charge < -0.3 is 31.1 Å². The molecule has 2 unspecified atom stereocenters. The number of ketones is 2. The topological polar surface area (TPSA) is 161 Å². The molecular weight excluding hydrogens is 500 g/mol. The summed E-state index contributed by atoms with van der Waals surface area (Å²) in [7, 11) is 3.23. The fraction of sp³-hybridized carbons (Fsp3) is 0.367. The Hall–Kier alpha value is -3.97. The van der Waals surface area contributed by atoms with Crippen molar-refractivity contribution in [3.05, 3.63) is 69.8 Å². The number of hydrogen-bond donors (Lipinski definition) is 5. The van der Waals surface area contributed by atoms with Gasteiger partial charge in [0.25, 0.3) is 0 Å². The van der Waals surface area contributed by atoms with Gasteiger partial charge in [-0.3, -0.25) is 14.4 Å². The molecule has 3 aliphatic rings. The number of nitrogens with two attached hydrogens (primary N) is 1. The van der Waals surface area contributed by atoms with Gasteiger partial charge in [0, 0.05) is 28.7 Å². The number of amides is 1. The molecule has 0 aromatic heterocycles. The van der Waals surface area contributed by atoms with Gasteiger partial charge in [0.2, 0.25) is 11.7 Å². The van der Waals surface area contributed by atoms with Crippen LogP contribution >= 0.6 is 0 Å². The van der Waals surface area contributed by atoms with E-state index in [4.69, 9.17) is 5.73 Å². The number of phenolic OH excluding ortho intramolecular Hbond substituents is 1. The Labute approximate surface area is 225 Å². The molecule has 0 spiro atoms. The van der Waals surface area contributed by atoms with Crippen LogP contribution in [-0.4, -0.2) is 74.6 Å². The minimum Gasteiger partial charge on any atom is -0.507 e. The predicted molar refractivity (Wildman–Crippen MR) is 141 cm³/mol. The zero-order valence-electron chi connectivity index (χ0n) is 21.8. The number of carbonyl (C=O) groups is 3. The molecule has 202 valence electrons. The molecule has 9 nitrogen and oxygen atoms in total. The van der Waals surface area contributed by atoms with Gasteiger partial charge in [0.05, 0.1) is 11.7 Å². The van der Waals surface area contributed by atoms with E-state index >= 15 is 0 Å². The SMILES string of the molecule is Cc1ccc(C#Cc2ccc(O)c3c2C[C@@H]2C[C@@H]4[C@@H](N(C)C)C(O)C(C(N)=O)C(=O)[C@]4(O)C(=O)C2=C3O)cc1. The summed E-state index contributed by atoms with van der Waals surface area (Å²) in [6, 6.07) is 9.72. The lowest BCUT2D eigenvalue weighted by atomic mass is 9.54. The van der Waals surface area contributed by atoms with E-state index in [0.717, 1.165) is 11.1 Å². The number of benzene rings is 2. The molecule has 2 aromatic rings. The van der Waals surface area contributed by atoms with Crippen molar-refractivity contribution in [1.29, 1.82) is 0 Å². The molecule has 1 amide bonds. The Balaban J connectivity index is 1.65. The van der Waals surface area contributed by atoms with E-state index in [1.165, 1.54) is 6.07 Å². The Bertz CT molecular complexity index is 1500. The van der Waals surface area contributed by atoms with Crippen LogP contribution in [0.4, 0.5) is 0 Å². The van der Waals surface area contributed by atoms with Crippen LogP contribution < -0.4 is 5.73 Å². The molecule has 39 heavy (non-hydrogen) atoms. The Morgan fingerprint density at radius 1 is 1.08 bits per heavy atom. The molecule has 6 N–H and O–H groups in total. The van der Waals surface area contributed by atoms with Crippen LogP contribution in [0.2, 0.25) is 0 Å². The van der Waals surface area contributed by atoms with Gasteiger partial charge in [-0.2, -0.15) is 0 Å². The van der Waals surface area contributed by atoms with Gasteiger partial charge in [-0.25, -0.2) is 0 Å². The average molecular weight is 531 g/mol. The number of hydrogen-bond acceptors (Lipinski definition) is 8. The summed E-state index contributed by atoms with van der Waals surface area (Å²) in [6.45, 7) is 1.97. The van der Waals surface area contributed by atoms with Gasteiger partial charge in [0.15, 0.2) is 11.4 Å². The van der Waals surface area contributed by atoms with Crippen LogP contribution in [0, 0.1) is 36.5 Å². The molecule has 3 aliphatic carbocycles. The molecule has 2 saturated carbocycles. The smallest absolute Gasteiger partial charge is 0.230 e. The highest BCUT2D eigenvalue weighted by Crippen LogP contribution is 2.52. The van der Waals surface area contributed by atoms with Gasteiger partial charge in [-0.1, -0.05) is 29.5 Å². The van der Waals surface area contributed by atoms with Gasteiger partial charge in [-0.15, -0.1) is 0 Å². The van der Waals surface area contributed by atoms with Gasteiger partial charge in [-0.05, 0) is 69.6 Å². The Kier molecular flexibility index (Phi) is 6.38. The zero-order valence-corrected chi connectivity index (χ0v) is 21.8. The number of carbonyl (C=O) groups excluding carboxylic acids is 3. The predicted octanol–water partition coefficient (Wildman–Crippen LogP) is 0.837. The van der Waals surface area contributed by atoms with Gasteiger partial charge >= 0.3 is 0 Å². The number of aromatic hydroxyl groups is 1. The van der Waals surface area contributed by atoms with E-state index in [0.29, 0.717) is 11.1 Å². The van der Waals surface area contributed by atoms with Crippen LogP contribution in [-0.2, 0) is 20.8 Å². The average Bonchev–Trinajstić information content (AvgIpc) is 2.86. The fourth-order valence-corrected chi connectivity index (χ4v) is 6.50. The number of nitrogens with zero attached hydrogens (tertiary/aromatic N) is 1. The summed E-state index contributed by atoms with van der Waals surface area (Å²) in [5.41, 5.74) is 5.53. The van der Waals surface area contributed by atoms with Crippen molar-refractivity contribution >= 4 is 23.2 Å². The normalized spacial score (nSPS) is 29.7. The van der Waals surface area contributed by atoms with E-state index in [2.05, 4.69) is 11.8 Å². The molecule has 0 heterocycles. The number of rotatable bonds is 2. The second kappa shape index (κ2) is 9.35. The van der Waals surface area contributed by atoms with Crippen molar-refractivity contribution < 1.29 is 34.8 Å². The number of fused-ring (bicyclic) bond motifs is 3. The lowest BCUT2D eigenvalue weighted by Gasteiger charge is -2.53. The quantitative estimate of drug-likeness (QED) is 0.282. The first-order chi connectivity index (χ1) is 18.4. The molecule has 0 bridgehead atoms. The van der Waals surface area contributed by atoms with Crippen molar-refractivity contribution in [1.82, 2.24) is 4.90 Å². The number of aryl methyl sites for hydroxylation is 1. The maximum absolute atomic E-state index is 13.9. The number of aliphatic hydroxyl groups excluding tert-OH is 2. The number of likely N-dealkylation sites (N-methyl/N-ethyl adjacent to an activating group) is 1. The van der Waals surface area contributed by atoms with Crippen LogP contribution in [0.1, 0.15) is 34.2 Å². The van der Waals surface area contributed by atoms with Crippen molar-refractivity contribution in [2.45, 2.75) is 37.5 Å². The monoisotopic (exact) mass is 530 g/mol. The summed E-state index contributed by atoms with van der Waals surface area (Å²) in [5.74, 6) is -1.49. The van der Waals surface area contributed by atoms with Crippen molar-refractivity contribution in [3.63, 3.8) is 0 Å². The molecule has 5 rings (SSSR count). The van der Waals surface area contributed by atoms with Crippen LogP contribution in [0.15, 0.2) is 42.0 Å². The first kappa shape index (κ1) is 26.6. The van der Waals surface area contributed by atoms with Crippen LogP contribution in [0.25, 0.3) is 5.76 Å². The highest BCUT2D eigenvalue weighted by molar-refractivity contribution is 6.25. The molecule has 0 radical (unpaired) electrons. The highest BCUT2D eigenvalue weighted by atomic mass is 16.3. The van der Waals surface area contributed by atoms with E-state index in [1.54, 1.807) is 25.1 Å². The summed E-state index contributed by atoms with van der Waals surface area (Å²) < 4.78 is 0. The maximum Gasteiger partial charge on any atom is 0.230 e. The number of phenols is 1. The van der Waals surface area contributed by atoms with Crippen molar-refractivity contribution in [2.24, 2.45) is 23.5 Å². The van der Waals surface area contributed by atoms with Crippen LogP contribution in [0.3, 0.4) is 0 Å². The molecule has 2 aromatic carbocycles. The second-order valence-electron chi connectivity index (χ2n) is 10.9. The second-order valence-corrected chi connectivity index (χ2v) is 10.9. The summed E-state index contributed by atoms with van der Waals surface area (Å²) in [5, 5.41) is 44.6. The highest BCUT2D eigenvalue weighted by Gasteiger charge is 2.67. The molecule has 0 aliphatic heterocycles. The largest absolute Gasteiger partial charge is 0.507 e. The van der Waals surface area contributed by atoms with E-state index < -0.39 is 58.7 Å². The number of Topliss-reactive ketones (excluding diaryl/α,β-unsaturated/α-hetero) is 2. The molecular formula is C30H30N2O7. The maximum atomic E-state index is 13.9. The lowest BCUT2D eigenvalue weighted by molar-refractivity contribution is -0.184. The molecule has 9 heteroatoms. The third-order valence-corrected chi connectivity index (χ3v) is 8.37. The molecule has 2 fully saturated rings. The molecule has 0 saturated heterocycles. The number of aliphatic hydroxyl groups is 3. The standard InChI is InChI=1S/C30H30N2O7/c1-14-4-6-15(7-5-14)8-9-16-10-11-20(33)22-18(16)12-17-13-19-24(32(2)3)26(35)23(29(31)38)28(37)30(19,39)27(36)21(17)25(22)34/h4-7,10-11,17,19,23-24,26,33-35,39H,12-13H2,1-3H3,(H2,31,38)/t17-,19-,23?,24-,26?,30-/m1/s1. The zero-order chi connectivity index (χ0) is 28.4. The third kappa shape index (κ3) is 3.95. The third-order valence-electron chi connectivity index (χ3n) is 8.37. The lowest BCUT2D eigenvalue weighted by Crippen LogP contribution is -2.73. The summed E-state index contributed by atoms with van der Waals surface area (Å²) in [6.07, 6.45) is -1.28. The summed E-state index contributed by atoms with van der Waals surface area (Å²) >= 11 is 0. The Morgan fingerprint density at radius 2 is 1.74 bits per heavy atom. The van der Waals surface area contributed by atoms with Gasteiger partial charge in [0.1, 0.15) is 17.4 Å². The van der Waals surface area contributed by atoms with E-state index in [-0.39, 0.29) is 29.7 Å². The minimum absolute atomic E-state index is 0.0197. The Morgan fingerprint density at radius 3 is 2.36 bits per heavy atom. The van der Waals surface area contributed by atoms with Crippen LogP contribution in [0.5, 0.6) is 5.75 Å². The number of primary amides is 1. The first-order valence-corrected chi connectivity index (χ1v) is 12.7. The first-order valence-electron chi connectivity index (χ1n) is 12.7. The van der Waals surface area contributed by atoms with E-state index in [9.17, 15) is 34.8 Å². The molecule has 6 atom stereocenters. The van der Waals surface area contributed by atoms with E-state index in [1.807, 2.05) is 31.2 Å². The van der Waals surface area contributed by atoms with Crippen molar-refractivity contribution in [2.75, 3.05) is 14.1 Å². The summed E-state index contributed by atoms with van der Waals surface area (Å²) in [4.78, 5) is 40.9. The minimum atomic E-state index is -2.68. The fourth-order valence-electron chi connectivity index (χ4n) is 6.50. The van der Waals surface area contributed by atoms with Crippen molar-refractivity contribution in [3.8, 4) is 17.6 Å².